The Kier molecular flexibility index (Phi) is 9.04. The molecule has 3 heterocycles. The fraction of sp³-hybridized carbons (Fsp3) is 0.200. The lowest BCUT2D eigenvalue weighted by atomic mass is 10.2. The van der Waals surface area contributed by atoms with E-state index in [4.69, 9.17) is 15.3 Å². The minimum atomic E-state index is -0.701. The lowest BCUT2D eigenvalue weighted by molar-refractivity contribution is 0.0679. The Morgan fingerprint density at radius 1 is 1.21 bits per heavy atom. The topological polar surface area (TPSA) is 138 Å². The number of nitrogens with two attached hydrogens (primary N) is 1. The Balaban J connectivity index is 1.36. The maximum atomic E-state index is 15.2. The summed E-state index contributed by atoms with van der Waals surface area (Å²) in [6.45, 7) is 4.07. The number of benzene rings is 2. The smallest absolute Gasteiger partial charge is 0.284 e. The Labute approximate surface area is 251 Å². The predicted molar refractivity (Wildman–Crippen MR) is 164 cm³/mol. The summed E-state index contributed by atoms with van der Waals surface area (Å²) in [5.74, 6) is -0.333. The number of aromatic nitrogens is 3. The van der Waals surface area contributed by atoms with Gasteiger partial charge in [-0.05, 0) is 56.5 Å². The molecule has 0 saturated carbocycles. The molecule has 4 N–H and O–H groups in total. The number of hydrogen-bond acceptors (Lipinski definition) is 9. The SMILES string of the molecule is CSc1c(Oc2ccc(NC(=O)c3c(C)n(CCN)n(-c4ccccc4)c3=O)cc2F)ccnc1/C=C/C1N=C(C)NO1. The second-order valence-corrected chi connectivity index (χ2v) is 10.3. The fourth-order valence-corrected chi connectivity index (χ4v) is 5.24. The third kappa shape index (κ3) is 6.38. The van der Waals surface area contributed by atoms with Gasteiger partial charge in [0, 0.05) is 30.6 Å². The second-order valence-electron chi connectivity index (χ2n) is 9.44. The molecule has 0 saturated heterocycles. The van der Waals surface area contributed by atoms with E-state index in [1.165, 1.54) is 28.6 Å². The average molecular weight is 604 g/mol. The maximum absolute atomic E-state index is 15.2. The number of pyridine rings is 1. The molecular weight excluding hydrogens is 573 g/mol. The van der Waals surface area contributed by atoms with Gasteiger partial charge in [-0.1, -0.05) is 18.2 Å². The van der Waals surface area contributed by atoms with E-state index in [0.29, 0.717) is 40.1 Å². The number of aliphatic imine (C=N–C) groups is 1. The lowest BCUT2D eigenvalue weighted by Crippen LogP contribution is -2.26. The Bertz CT molecular complexity index is 1770. The number of ether oxygens (including phenoxy) is 1. The molecule has 0 fully saturated rings. The second kappa shape index (κ2) is 13.1. The van der Waals surface area contributed by atoms with Crippen molar-refractivity contribution >= 4 is 35.3 Å². The van der Waals surface area contributed by atoms with Crippen LogP contribution in [0.5, 0.6) is 11.5 Å². The summed E-state index contributed by atoms with van der Waals surface area (Å²) in [5.41, 5.74) is 9.73. The van der Waals surface area contributed by atoms with Crippen molar-refractivity contribution in [2.45, 2.75) is 31.5 Å². The van der Waals surface area contributed by atoms with E-state index in [-0.39, 0.29) is 23.5 Å². The third-order valence-electron chi connectivity index (χ3n) is 6.54. The van der Waals surface area contributed by atoms with Gasteiger partial charge in [-0.15, -0.1) is 11.8 Å². The molecule has 2 aromatic heterocycles. The normalized spacial score (nSPS) is 14.5. The van der Waals surface area contributed by atoms with E-state index in [9.17, 15) is 9.59 Å². The average Bonchev–Trinajstić information content (AvgIpc) is 3.52. The van der Waals surface area contributed by atoms with Gasteiger partial charge in [0.15, 0.2) is 17.8 Å². The number of amidine groups is 1. The zero-order valence-corrected chi connectivity index (χ0v) is 24.5. The number of nitrogens with zero attached hydrogens (tertiary/aromatic N) is 4. The summed E-state index contributed by atoms with van der Waals surface area (Å²) in [5, 5.41) is 2.64. The first-order chi connectivity index (χ1) is 20.8. The van der Waals surface area contributed by atoms with Gasteiger partial charge in [-0.3, -0.25) is 24.7 Å². The van der Waals surface area contributed by atoms with Gasteiger partial charge in [0.2, 0.25) is 0 Å². The standard InChI is InChI=1S/C30H30FN7O4S/c1-18-27(30(40)38(37(18)16-14-32)21-7-5-4-6-8-21)29(39)35-20-9-11-24(22(31)17-20)41-25-13-15-33-23(28(25)43-3)10-12-26-34-19(2)36-42-26/h4-13,15,17,26H,14,16,32H2,1-3H3,(H,34,36)(H,35,39)/b12-10+. The highest BCUT2D eigenvalue weighted by molar-refractivity contribution is 7.98. The van der Waals surface area contributed by atoms with Crippen molar-refractivity contribution in [2.24, 2.45) is 10.7 Å². The molecule has 1 unspecified atom stereocenters. The molecule has 2 aromatic carbocycles. The number of carbonyl (C=O) groups excluding carboxylic acids is 1. The number of halogens is 1. The van der Waals surface area contributed by atoms with E-state index in [2.05, 4.69) is 20.8 Å². The van der Waals surface area contributed by atoms with Crippen LogP contribution in [0.3, 0.4) is 0 Å². The fourth-order valence-electron chi connectivity index (χ4n) is 4.60. The summed E-state index contributed by atoms with van der Waals surface area (Å²) >= 11 is 1.40. The Morgan fingerprint density at radius 2 is 2.00 bits per heavy atom. The molecule has 0 bridgehead atoms. The molecular formula is C30H30FN7O4S. The van der Waals surface area contributed by atoms with Crippen molar-refractivity contribution in [1.29, 1.82) is 0 Å². The zero-order valence-electron chi connectivity index (χ0n) is 23.7. The molecule has 5 rings (SSSR count). The first-order valence-electron chi connectivity index (χ1n) is 13.3. The summed E-state index contributed by atoms with van der Waals surface area (Å²) in [7, 11) is 0. The number of para-hydroxylation sites is 1. The third-order valence-corrected chi connectivity index (χ3v) is 7.36. The molecule has 4 aromatic rings. The number of thioether (sulfide) groups is 1. The summed E-state index contributed by atoms with van der Waals surface area (Å²) in [6.07, 6.45) is 6.45. The van der Waals surface area contributed by atoms with Crippen molar-refractivity contribution in [1.82, 2.24) is 19.8 Å². The predicted octanol–water partition coefficient (Wildman–Crippen LogP) is 4.50. The first-order valence-corrected chi connectivity index (χ1v) is 14.6. The van der Waals surface area contributed by atoms with Crippen LogP contribution in [0.15, 0.2) is 81.6 Å². The number of nitrogens with one attached hydrogen (secondary N) is 2. The van der Waals surface area contributed by atoms with Gasteiger partial charge >= 0.3 is 0 Å². The van der Waals surface area contributed by atoms with Gasteiger partial charge < -0.3 is 15.8 Å². The number of amides is 1. The molecule has 1 aliphatic rings. The molecule has 0 radical (unpaired) electrons. The summed E-state index contributed by atoms with van der Waals surface area (Å²) in [4.78, 5) is 41.3. The van der Waals surface area contributed by atoms with Crippen LogP contribution in [0.1, 0.15) is 28.7 Å². The molecule has 0 spiro atoms. The molecule has 13 heteroatoms. The van der Waals surface area contributed by atoms with Gasteiger partial charge in [0.1, 0.15) is 17.1 Å². The lowest BCUT2D eigenvalue weighted by Gasteiger charge is -2.13. The quantitative estimate of drug-likeness (QED) is 0.225. The van der Waals surface area contributed by atoms with E-state index in [0.717, 1.165) is 6.07 Å². The summed E-state index contributed by atoms with van der Waals surface area (Å²) < 4.78 is 24.2. The number of hydrogen-bond donors (Lipinski definition) is 3. The monoisotopic (exact) mass is 603 g/mol. The number of hydroxylamine groups is 1. The van der Waals surface area contributed by atoms with Crippen molar-refractivity contribution in [3.8, 4) is 17.2 Å². The molecule has 43 heavy (non-hydrogen) atoms. The van der Waals surface area contributed by atoms with Gasteiger partial charge in [-0.25, -0.2) is 18.9 Å². The van der Waals surface area contributed by atoms with Gasteiger partial charge in [0.25, 0.3) is 11.5 Å². The Morgan fingerprint density at radius 3 is 2.67 bits per heavy atom. The van der Waals surface area contributed by atoms with E-state index in [1.807, 2.05) is 12.3 Å². The van der Waals surface area contributed by atoms with E-state index >= 15 is 4.39 Å². The molecule has 1 atom stereocenters. The highest BCUT2D eigenvalue weighted by atomic mass is 32.2. The molecule has 1 amide bonds. The molecule has 222 valence electrons. The molecule has 1 aliphatic heterocycles. The van der Waals surface area contributed by atoms with Crippen molar-refractivity contribution in [2.75, 3.05) is 18.1 Å². The number of anilines is 1. The van der Waals surface area contributed by atoms with Crippen molar-refractivity contribution in [3.05, 3.63) is 100.0 Å². The van der Waals surface area contributed by atoms with Crippen LogP contribution in [0, 0.1) is 12.7 Å². The minimum absolute atomic E-state index is 0.0466. The van der Waals surface area contributed by atoms with Crippen LogP contribution in [-0.4, -0.2) is 45.1 Å². The van der Waals surface area contributed by atoms with Crippen LogP contribution in [0.2, 0.25) is 0 Å². The van der Waals surface area contributed by atoms with Crippen LogP contribution in [0.25, 0.3) is 11.8 Å². The highest BCUT2D eigenvalue weighted by Gasteiger charge is 2.24. The van der Waals surface area contributed by atoms with E-state index in [1.54, 1.807) is 67.2 Å². The highest BCUT2D eigenvalue weighted by Crippen LogP contribution is 2.35. The van der Waals surface area contributed by atoms with Gasteiger partial charge in [0.05, 0.1) is 28.5 Å². The van der Waals surface area contributed by atoms with E-state index < -0.39 is 23.5 Å². The minimum Gasteiger partial charge on any atom is -0.453 e. The largest absolute Gasteiger partial charge is 0.453 e. The number of carbonyl (C=O) groups is 1. The summed E-state index contributed by atoms with van der Waals surface area (Å²) in [6, 6.07) is 14.7. The van der Waals surface area contributed by atoms with Gasteiger partial charge in [-0.2, -0.15) is 0 Å². The first kappa shape index (κ1) is 29.8. The van der Waals surface area contributed by atoms with Crippen molar-refractivity contribution in [3.63, 3.8) is 0 Å². The van der Waals surface area contributed by atoms with Crippen LogP contribution >= 0.6 is 11.8 Å². The molecule has 0 aliphatic carbocycles. The van der Waals surface area contributed by atoms with Crippen LogP contribution < -0.4 is 26.8 Å². The maximum Gasteiger partial charge on any atom is 0.284 e. The molecule has 11 nitrogen and oxygen atoms in total. The van der Waals surface area contributed by atoms with Crippen molar-refractivity contribution < 1.29 is 18.8 Å². The van der Waals surface area contributed by atoms with Crippen LogP contribution in [-0.2, 0) is 11.4 Å². The van der Waals surface area contributed by atoms with Crippen LogP contribution in [0.4, 0.5) is 10.1 Å². The zero-order chi connectivity index (χ0) is 30.5. The number of rotatable bonds is 10. The Hall–Kier alpha value is -4.72.